The Balaban J connectivity index is 1.33. The molecule has 5 heteroatoms. The van der Waals surface area contributed by atoms with Gasteiger partial charge in [0.25, 0.3) is 0 Å². The highest BCUT2D eigenvalue weighted by atomic mass is 16.3. The summed E-state index contributed by atoms with van der Waals surface area (Å²) in [7, 11) is 0. The van der Waals surface area contributed by atoms with E-state index >= 15 is 0 Å². The van der Waals surface area contributed by atoms with E-state index in [1.54, 1.807) is 0 Å². The third kappa shape index (κ3) is 3.80. The summed E-state index contributed by atoms with van der Waals surface area (Å²) in [5, 5.41) is 16.4. The number of anilines is 2. The largest absolute Gasteiger partial charge is 0.396 e. The first kappa shape index (κ1) is 19.8. The lowest BCUT2D eigenvalue weighted by Crippen LogP contribution is -2.47. The minimum Gasteiger partial charge on any atom is -0.396 e. The number of aliphatic hydroxyl groups is 1. The number of fused-ring (bicyclic) bond motifs is 1. The van der Waals surface area contributed by atoms with Crippen LogP contribution in [0.4, 0.5) is 11.5 Å². The molecule has 4 saturated carbocycles. The highest BCUT2D eigenvalue weighted by Crippen LogP contribution is 2.61. The normalized spacial score (nSPS) is 29.3. The fraction of sp³-hybridized carbons (Fsp3) is 0.600. The van der Waals surface area contributed by atoms with Gasteiger partial charge < -0.3 is 15.7 Å². The predicted octanol–water partition coefficient (Wildman–Crippen LogP) is 4.88. The first-order chi connectivity index (χ1) is 14.5. The van der Waals surface area contributed by atoms with Crippen molar-refractivity contribution in [3.63, 3.8) is 0 Å². The standard InChI is InChI=1S/C25H33N3O2/c1-16-3-5-21-20(4-6-22(27-21)26-7-2-8-29)24(16)28-23(30)15-25-12-17-9-18(13-25)11-19(10-17)14-25/h3-6,17-19,29H,2,7-15H2,1H3,(H,26,27)(H,28,30). The number of carbonyl (C=O) groups is 1. The maximum Gasteiger partial charge on any atom is 0.224 e. The van der Waals surface area contributed by atoms with Gasteiger partial charge in [0.15, 0.2) is 0 Å². The molecule has 0 spiro atoms. The quantitative estimate of drug-likeness (QED) is 0.572. The van der Waals surface area contributed by atoms with Gasteiger partial charge in [-0.05, 0) is 98.8 Å². The Morgan fingerprint density at radius 3 is 2.47 bits per heavy atom. The second kappa shape index (κ2) is 7.84. The number of hydrogen-bond acceptors (Lipinski definition) is 4. The summed E-state index contributed by atoms with van der Waals surface area (Å²) in [6, 6.07) is 8.04. The number of hydrogen-bond donors (Lipinski definition) is 3. The average molecular weight is 408 g/mol. The first-order valence-corrected chi connectivity index (χ1v) is 11.6. The Kier molecular flexibility index (Phi) is 5.18. The Morgan fingerprint density at radius 2 is 1.80 bits per heavy atom. The summed E-state index contributed by atoms with van der Waals surface area (Å²) in [6.45, 7) is 2.91. The van der Waals surface area contributed by atoms with E-state index in [0.29, 0.717) is 19.4 Å². The molecule has 0 atom stereocenters. The van der Waals surface area contributed by atoms with Gasteiger partial charge in [-0.1, -0.05) is 6.07 Å². The van der Waals surface area contributed by atoms with Crippen molar-refractivity contribution in [2.75, 3.05) is 23.8 Å². The number of benzene rings is 1. The van der Waals surface area contributed by atoms with Crippen LogP contribution in [0.5, 0.6) is 0 Å². The molecule has 4 bridgehead atoms. The van der Waals surface area contributed by atoms with E-state index in [0.717, 1.165) is 45.7 Å². The van der Waals surface area contributed by atoms with E-state index < -0.39 is 0 Å². The molecule has 0 radical (unpaired) electrons. The topological polar surface area (TPSA) is 74.2 Å². The summed E-state index contributed by atoms with van der Waals surface area (Å²) in [6.07, 6.45) is 9.35. The third-order valence-electron chi connectivity index (χ3n) is 7.69. The molecule has 4 aliphatic rings. The molecule has 0 unspecified atom stereocenters. The molecule has 1 heterocycles. The van der Waals surface area contributed by atoms with E-state index in [4.69, 9.17) is 10.1 Å². The van der Waals surface area contributed by atoms with Crippen LogP contribution in [-0.2, 0) is 4.79 Å². The van der Waals surface area contributed by atoms with Crippen LogP contribution in [0.2, 0.25) is 0 Å². The number of nitrogens with zero attached hydrogens (tertiary/aromatic N) is 1. The van der Waals surface area contributed by atoms with Crippen LogP contribution >= 0.6 is 0 Å². The number of pyridine rings is 1. The van der Waals surface area contributed by atoms with Gasteiger partial charge in [-0.2, -0.15) is 0 Å². The van der Waals surface area contributed by atoms with Crippen molar-refractivity contribution in [2.45, 2.75) is 58.3 Å². The molecular formula is C25H33N3O2. The number of nitrogens with one attached hydrogen (secondary N) is 2. The van der Waals surface area contributed by atoms with Crippen LogP contribution < -0.4 is 10.6 Å². The number of rotatable bonds is 7. The van der Waals surface area contributed by atoms with Crippen LogP contribution in [0, 0.1) is 30.1 Å². The van der Waals surface area contributed by atoms with Crippen LogP contribution in [0.25, 0.3) is 10.9 Å². The summed E-state index contributed by atoms with van der Waals surface area (Å²) in [4.78, 5) is 17.9. The van der Waals surface area contributed by atoms with Gasteiger partial charge in [0.05, 0.1) is 11.2 Å². The zero-order valence-electron chi connectivity index (χ0n) is 17.9. The van der Waals surface area contributed by atoms with E-state index in [-0.39, 0.29) is 17.9 Å². The molecule has 6 rings (SSSR count). The van der Waals surface area contributed by atoms with E-state index in [9.17, 15) is 4.79 Å². The maximum atomic E-state index is 13.2. The Bertz CT molecular complexity index is 920. The Labute approximate surface area is 178 Å². The fourth-order valence-corrected chi connectivity index (χ4v) is 6.90. The van der Waals surface area contributed by atoms with Crippen molar-refractivity contribution in [1.82, 2.24) is 4.98 Å². The molecule has 4 aliphatic carbocycles. The van der Waals surface area contributed by atoms with Crippen molar-refractivity contribution in [3.05, 3.63) is 29.8 Å². The second-order valence-corrected chi connectivity index (χ2v) is 10.2. The molecule has 1 amide bonds. The maximum absolute atomic E-state index is 13.2. The summed E-state index contributed by atoms with van der Waals surface area (Å²) in [5.41, 5.74) is 3.10. The number of aryl methyl sites for hydroxylation is 1. The van der Waals surface area contributed by atoms with Gasteiger partial charge in [-0.3, -0.25) is 4.79 Å². The van der Waals surface area contributed by atoms with Crippen molar-refractivity contribution in [2.24, 2.45) is 23.2 Å². The minimum atomic E-state index is 0.165. The van der Waals surface area contributed by atoms with Gasteiger partial charge in [0, 0.05) is 25.0 Å². The summed E-state index contributed by atoms with van der Waals surface area (Å²) in [5.74, 6) is 3.56. The number of aromatic nitrogens is 1. The summed E-state index contributed by atoms with van der Waals surface area (Å²) < 4.78 is 0. The van der Waals surface area contributed by atoms with Crippen LogP contribution in [0.3, 0.4) is 0 Å². The van der Waals surface area contributed by atoms with Crippen LogP contribution in [0.15, 0.2) is 24.3 Å². The zero-order chi connectivity index (χ0) is 20.7. The molecule has 1 aromatic carbocycles. The van der Waals surface area contributed by atoms with E-state index in [1.807, 2.05) is 31.2 Å². The lowest BCUT2D eigenvalue weighted by atomic mass is 9.49. The first-order valence-electron chi connectivity index (χ1n) is 11.6. The molecule has 5 nitrogen and oxygen atoms in total. The van der Waals surface area contributed by atoms with Crippen molar-refractivity contribution in [1.29, 1.82) is 0 Å². The molecule has 30 heavy (non-hydrogen) atoms. The molecular weight excluding hydrogens is 374 g/mol. The van der Waals surface area contributed by atoms with Crippen molar-refractivity contribution in [3.8, 4) is 0 Å². The van der Waals surface area contributed by atoms with Crippen molar-refractivity contribution >= 4 is 28.3 Å². The van der Waals surface area contributed by atoms with E-state index in [1.165, 1.54) is 38.5 Å². The van der Waals surface area contributed by atoms with Crippen molar-refractivity contribution < 1.29 is 9.90 Å². The lowest BCUT2D eigenvalue weighted by molar-refractivity contribution is -0.124. The second-order valence-electron chi connectivity index (χ2n) is 10.2. The van der Waals surface area contributed by atoms with E-state index in [2.05, 4.69) is 10.6 Å². The highest BCUT2D eigenvalue weighted by Gasteiger charge is 2.51. The molecule has 160 valence electrons. The molecule has 3 N–H and O–H groups in total. The number of carbonyl (C=O) groups excluding carboxylic acids is 1. The summed E-state index contributed by atoms with van der Waals surface area (Å²) >= 11 is 0. The Hall–Kier alpha value is -2.14. The van der Waals surface area contributed by atoms with Crippen LogP contribution in [0.1, 0.15) is 56.9 Å². The van der Waals surface area contributed by atoms with Crippen LogP contribution in [-0.4, -0.2) is 29.1 Å². The molecule has 0 aliphatic heterocycles. The van der Waals surface area contributed by atoms with Gasteiger partial charge in [0.2, 0.25) is 5.91 Å². The highest BCUT2D eigenvalue weighted by molar-refractivity contribution is 6.02. The molecule has 1 aromatic heterocycles. The van der Waals surface area contributed by atoms with Gasteiger partial charge in [-0.15, -0.1) is 0 Å². The predicted molar refractivity (Wildman–Crippen MR) is 121 cm³/mol. The minimum absolute atomic E-state index is 0.165. The van der Waals surface area contributed by atoms with Gasteiger partial charge >= 0.3 is 0 Å². The van der Waals surface area contributed by atoms with Gasteiger partial charge in [-0.25, -0.2) is 4.98 Å². The Morgan fingerprint density at radius 1 is 1.10 bits per heavy atom. The number of aliphatic hydroxyl groups excluding tert-OH is 1. The molecule has 2 aromatic rings. The average Bonchev–Trinajstić information content (AvgIpc) is 2.69. The lowest BCUT2D eigenvalue weighted by Gasteiger charge is -2.56. The SMILES string of the molecule is Cc1ccc2nc(NCCCO)ccc2c1NC(=O)CC12CC3CC(CC(C3)C1)C2. The number of amides is 1. The molecule has 0 saturated heterocycles. The fourth-order valence-electron chi connectivity index (χ4n) is 6.90. The molecule has 4 fully saturated rings. The monoisotopic (exact) mass is 407 g/mol. The van der Waals surface area contributed by atoms with Gasteiger partial charge in [0.1, 0.15) is 5.82 Å². The zero-order valence-corrected chi connectivity index (χ0v) is 17.9. The third-order valence-corrected chi connectivity index (χ3v) is 7.69. The smallest absolute Gasteiger partial charge is 0.224 e.